The van der Waals surface area contributed by atoms with Crippen molar-refractivity contribution in [1.29, 1.82) is 0 Å². The van der Waals surface area contributed by atoms with Crippen molar-refractivity contribution in [2.75, 3.05) is 23.3 Å². The minimum absolute atomic E-state index is 0.188. The molecule has 1 saturated heterocycles. The molecular formula is C16H21F2N9O. The first-order valence-corrected chi connectivity index (χ1v) is 8.91. The van der Waals surface area contributed by atoms with Gasteiger partial charge in [-0.1, -0.05) is 10.3 Å². The van der Waals surface area contributed by atoms with Crippen LogP contribution in [0.25, 0.3) is 11.2 Å². The van der Waals surface area contributed by atoms with E-state index in [4.69, 9.17) is 4.63 Å². The largest absolute Gasteiger partial charge is 0.350 e. The Kier molecular flexibility index (Phi) is 4.16. The number of hydrogen-bond acceptors (Lipinski definition) is 9. The van der Waals surface area contributed by atoms with Crippen LogP contribution in [0.3, 0.4) is 0 Å². The van der Waals surface area contributed by atoms with Crippen LogP contribution >= 0.6 is 0 Å². The van der Waals surface area contributed by atoms with Crippen LogP contribution in [-0.4, -0.2) is 59.8 Å². The number of nitrogens with one attached hydrogen (secondary N) is 1. The average Bonchev–Trinajstić information content (AvgIpc) is 3.24. The Hall–Kier alpha value is -2.92. The first-order valence-electron chi connectivity index (χ1n) is 8.91. The lowest BCUT2D eigenvalue weighted by Gasteiger charge is -2.22. The van der Waals surface area contributed by atoms with E-state index in [9.17, 15) is 8.78 Å². The topological polar surface area (TPSA) is 111 Å². The number of hydrogen-bond donors (Lipinski definition) is 1. The summed E-state index contributed by atoms with van der Waals surface area (Å²) in [5, 5.41) is 19.5. The van der Waals surface area contributed by atoms with Crippen LogP contribution < -0.4 is 10.2 Å². The summed E-state index contributed by atoms with van der Waals surface area (Å²) in [6, 6.07) is 0. The Bertz CT molecular complexity index is 1010. The lowest BCUT2D eigenvalue weighted by atomic mass is 10.1. The third kappa shape index (κ3) is 3.71. The molecule has 0 amide bonds. The zero-order chi connectivity index (χ0) is 20.1. The molecule has 10 nitrogen and oxygen atoms in total. The minimum atomic E-state index is -2.76. The Balaban J connectivity index is 1.76. The Morgan fingerprint density at radius 1 is 1.18 bits per heavy atom. The van der Waals surface area contributed by atoms with Crippen LogP contribution in [0.4, 0.5) is 20.5 Å². The van der Waals surface area contributed by atoms with Crippen LogP contribution in [0.5, 0.6) is 0 Å². The molecule has 0 radical (unpaired) electrons. The summed E-state index contributed by atoms with van der Waals surface area (Å²) in [6.07, 6.45) is -0.224. The van der Waals surface area contributed by atoms with E-state index in [1.807, 2.05) is 20.8 Å². The molecule has 0 bridgehead atoms. The highest BCUT2D eigenvalue weighted by molar-refractivity contribution is 5.84. The standard InChI is InChI=1S/C16H21F2N9O/c1-9-10(25-28-24-9)7-27-22-11-12(23-27)19-14(21-15(2,3)4)20-13(11)26-6-5-16(17,18)8-26/h5-8H2,1-4H3,(H,19,21,23). The quantitative estimate of drug-likeness (QED) is 0.711. The van der Waals surface area contributed by atoms with Crippen LogP contribution in [0.2, 0.25) is 0 Å². The summed E-state index contributed by atoms with van der Waals surface area (Å²) in [7, 11) is 0. The van der Waals surface area contributed by atoms with Crippen molar-refractivity contribution in [3.63, 3.8) is 0 Å². The predicted octanol–water partition coefficient (Wildman–Crippen LogP) is 2.02. The van der Waals surface area contributed by atoms with E-state index in [0.717, 1.165) is 0 Å². The smallest absolute Gasteiger partial charge is 0.266 e. The molecule has 4 rings (SSSR count). The van der Waals surface area contributed by atoms with Crippen molar-refractivity contribution < 1.29 is 13.4 Å². The molecule has 0 aliphatic carbocycles. The normalized spacial score (nSPS) is 16.9. The summed E-state index contributed by atoms with van der Waals surface area (Å²) in [4.78, 5) is 11.8. The zero-order valence-electron chi connectivity index (χ0n) is 16.1. The molecule has 1 aliphatic rings. The van der Waals surface area contributed by atoms with E-state index in [1.54, 1.807) is 6.92 Å². The second kappa shape index (κ2) is 6.31. The molecule has 4 heterocycles. The van der Waals surface area contributed by atoms with Crippen LogP contribution in [0, 0.1) is 6.92 Å². The molecule has 0 saturated carbocycles. The van der Waals surface area contributed by atoms with Gasteiger partial charge in [0.1, 0.15) is 17.9 Å². The fourth-order valence-corrected chi connectivity index (χ4v) is 2.96. The Morgan fingerprint density at radius 2 is 1.96 bits per heavy atom. The molecule has 0 aromatic carbocycles. The van der Waals surface area contributed by atoms with Gasteiger partial charge in [0.2, 0.25) is 11.6 Å². The van der Waals surface area contributed by atoms with Gasteiger partial charge in [0.05, 0.1) is 6.54 Å². The van der Waals surface area contributed by atoms with Gasteiger partial charge in [-0.3, -0.25) is 0 Å². The Morgan fingerprint density at radius 3 is 2.57 bits per heavy atom. The van der Waals surface area contributed by atoms with Gasteiger partial charge in [-0.05, 0) is 27.7 Å². The third-order valence-electron chi connectivity index (χ3n) is 4.27. The minimum Gasteiger partial charge on any atom is -0.350 e. The number of anilines is 2. The van der Waals surface area contributed by atoms with Crippen molar-refractivity contribution in [1.82, 2.24) is 35.3 Å². The van der Waals surface area contributed by atoms with Crippen LogP contribution in [0.1, 0.15) is 38.6 Å². The molecule has 3 aromatic heterocycles. The van der Waals surface area contributed by atoms with Gasteiger partial charge in [-0.15, -0.1) is 10.2 Å². The lowest BCUT2D eigenvalue weighted by Crippen LogP contribution is -2.29. The second-order valence-electron chi connectivity index (χ2n) is 7.97. The SMILES string of the molecule is Cc1nonc1Cn1nc2nc(NC(C)(C)C)nc(N3CCC(F)(F)C3)c2n1. The maximum Gasteiger partial charge on any atom is 0.266 e. The van der Waals surface area contributed by atoms with Crippen molar-refractivity contribution in [3.05, 3.63) is 11.4 Å². The van der Waals surface area contributed by atoms with Gasteiger partial charge in [-0.25, -0.2) is 13.4 Å². The maximum absolute atomic E-state index is 13.8. The molecule has 1 aliphatic heterocycles. The van der Waals surface area contributed by atoms with E-state index < -0.39 is 12.5 Å². The molecule has 1 N–H and O–H groups in total. The van der Waals surface area contributed by atoms with Gasteiger partial charge in [0.25, 0.3) is 5.92 Å². The first-order chi connectivity index (χ1) is 13.1. The van der Waals surface area contributed by atoms with Crippen molar-refractivity contribution in [2.24, 2.45) is 0 Å². The van der Waals surface area contributed by atoms with Crippen LogP contribution in [0.15, 0.2) is 4.63 Å². The van der Waals surface area contributed by atoms with Crippen molar-refractivity contribution >= 4 is 22.9 Å². The van der Waals surface area contributed by atoms with Gasteiger partial charge in [0.15, 0.2) is 11.3 Å². The second-order valence-corrected chi connectivity index (χ2v) is 7.97. The lowest BCUT2D eigenvalue weighted by molar-refractivity contribution is 0.0257. The number of halogens is 2. The summed E-state index contributed by atoms with van der Waals surface area (Å²) in [6.45, 7) is 7.64. The van der Waals surface area contributed by atoms with Gasteiger partial charge in [0, 0.05) is 18.5 Å². The molecule has 3 aromatic rings. The van der Waals surface area contributed by atoms with E-state index in [1.165, 1.54) is 9.70 Å². The number of fused-ring (bicyclic) bond motifs is 1. The van der Waals surface area contributed by atoms with Crippen molar-refractivity contribution in [3.8, 4) is 0 Å². The molecule has 0 atom stereocenters. The molecule has 0 spiro atoms. The van der Waals surface area contributed by atoms with E-state index in [-0.39, 0.29) is 25.0 Å². The third-order valence-corrected chi connectivity index (χ3v) is 4.27. The van der Waals surface area contributed by atoms with Gasteiger partial charge in [-0.2, -0.15) is 14.8 Å². The number of aromatic nitrogens is 7. The highest BCUT2D eigenvalue weighted by Crippen LogP contribution is 2.33. The van der Waals surface area contributed by atoms with Gasteiger partial charge < -0.3 is 10.2 Å². The highest BCUT2D eigenvalue weighted by Gasteiger charge is 2.40. The molecule has 28 heavy (non-hydrogen) atoms. The summed E-state index contributed by atoms with van der Waals surface area (Å²) in [5.41, 5.74) is 1.59. The fourth-order valence-electron chi connectivity index (χ4n) is 2.96. The maximum atomic E-state index is 13.8. The zero-order valence-corrected chi connectivity index (χ0v) is 16.1. The predicted molar refractivity (Wildman–Crippen MR) is 96.4 cm³/mol. The highest BCUT2D eigenvalue weighted by atomic mass is 19.3. The molecule has 12 heteroatoms. The van der Waals surface area contributed by atoms with E-state index in [0.29, 0.717) is 34.3 Å². The summed E-state index contributed by atoms with van der Waals surface area (Å²) in [5.74, 6) is -2.10. The van der Waals surface area contributed by atoms with Gasteiger partial charge >= 0.3 is 0 Å². The molecule has 1 fully saturated rings. The fraction of sp³-hybridized carbons (Fsp3) is 0.625. The van der Waals surface area contributed by atoms with E-state index >= 15 is 0 Å². The monoisotopic (exact) mass is 393 g/mol. The van der Waals surface area contributed by atoms with Crippen LogP contribution in [-0.2, 0) is 6.54 Å². The summed E-state index contributed by atoms with van der Waals surface area (Å²) >= 11 is 0. The van der Waals surface area contributed by atoms with E-state index in [2.05, 4.69) is 35.8 Å². The average molecular weight is 393 g/mol. The molecule has 0 unspecified atom stereocenters. The molecule has 150 valence electrons. The number of rotatable bonds is 4. The Labute approximate surface area is 159 Å². The van der Waals surface area contributed by atoms with Crippen molar-refractivity contribution in [2.45, 2.75) is 52.1 Å². The number of aryl methyl sites for hydroxylation is 1. The number of alkyl halides is 2. The molecular weight excluding hydrogens is 372 g/mol. The number of nitrogens with zero attached hydrogens (tertiary/aromatic N) is 8. The first kappa shape index (κ1) is 18.4. The summed E-state index contributed by atoms with van der Waals surface area (Å²) < 4.78 is 32.3.